The van der Waals surface area contributed by atoms with Gasteiger partial charge < -0.3 is 39.4 Å². The number of para-hydroxylation sites is 1. The molecule has 0 radical (unpaired) electrons. The van der Waals surface area contributed by atoms with E-state index >= 15 is 0 Å². The minimum atomic E-state index is -1.17. The number of allylic oxidation sites excluding steroid dienone is 1. The number of esters is 2. The van der Waals surface area contributed by atoms with Crippen molar-refractivity contribution in [1.29, 1.82) is 0 Å². The van der Waals surface area contributed by atoms with Crippen LogP contribution in [-0.2, 0) is 20.9 Å². The van der Waals surface area contributed by atoms with E-state index in [0.717, 1.165) is 5.56 Å². The maximum absolute atomic E-state index is 12.5. The van der Waals surface area contributed by atoms with Gasteiger partial charge in [-0.1, -0.05) is 30.3 Å². The predicted octanol–water partition coefficient (Wildman–Crippen LogP) is 3.96. The number of rotatable bonds is 15. The molecule has 0 aromatic heterocycles. The third-order valence-corrected chi connectivity index (χ3v) is 6.88. The number of aliphatic hydroxyl groups is 1. The monoisotopic (exact) mass is 646 g/mol. The molecule has 4 rings (SSSR count). The second kappa shape index (κ2) is 16.7. The Morgan fingerprint density at radius 1 is 0.957 bits per heavy atom. The molecule has 3 aromatic carbocycles. The maximum atomic E-state index is 12.5. The fourth-order valence-electron chi connectivity index (χ4n) is 4.65. The lowest BCUT2D eigenvalue weighted by atomic mass is 9.95. The molecular weight excluding hydrogens is 608 g/mol. The number of urea groups is 1. The SMILES string of the molecule is CCOC(=O)c1ccc(COc2ccccc2/C=N/N[C@H](O)COc2ccc([C@H]3NC(=O)NC(C)=C3C(=O)OC)cc2OCC)cc1. The first-order chi connectivity index (χ1) is 22.7. The number of hydrogen-bond donors (Lipinski definition) is 4. The van der Waals surface area contributed by atoms with Crippen LogP contribution in [0.15, 0.2) is 83.1 Å². The highest BCUT2D eigenvalue weighted by molar-refractivity contribution is 5.95. The smallest absolute Gasteiger partial charge is 0.338 e. The molecule has 47 heavy (non-hydrogen) atoms. The van der Waals surface area contributed by atoms with Crippen LogP contribution in [0.4, 0.5) is 4.79 Å². The number of nitrogens with zero attached hydrogens (tertiary/aromatic N) is 1. The molecule has 0 fully saturated rings. The van der Waals surface area contributed by atoms with Crippen LogP contribution in [0.2, 0.25) is 0 Å². The van der Waals surface area contributed by atoms with Crippen molar-refractivity contribution in [2.45, 2.75) is 39.6 Å². The molecule has 2 amide bonds. The molecular formula is C34H38N4O9. The van der Waals surface area contributed by atoms with E-state index in [2.05, 4.69) is 21.2 Å². The molecule has 4 N–H and O–H groups in total. The van der Waals surface area contributed by atoms with E-state index < -0.39 is 24.3 Å². The van der Waals surface area contributed by atoms with Crippen molar-refractivity contribution in [1.82, 2.24) is 16.1 Å². The van der Waals surface area contributed by atoms with Gasteiger partial charge in [0.05, 0.1) is 43.7 Å². The highest BCUT2D eigenvalue weighted by Gasteiger charge is 2.32. The summed E-state index contributed by atoms with van der Waals surface area (Å²) >= 11 is 0. The van der Waals surface area contributed by atoms with Crippen molar-refractivity contribution in [2.75, 3.05) is 26.9 Å². The van der Waals surface area contributed by atoms with Crippen molar-refractivity contribution in [3.05, 3.63) is 100 Å². The number of hydrazone groups is 1. The van der Waals surface area contributed by atoms with Gasteiger partial charge >= 0.3 is 18.0 Å². The number of carbonyl (C=O) groups excluding carboxylic acids is 3. The zero-order chi connectivity index (χ0) is 33.8. The molecule has 1 aliphatic rings. The van der Waals surface area contributed by atoms with Gasteiger partial charge in [-0.3, -0.25) is 5.43 Å². The lowest BCUT2D eigenvalue weighted by Crippen LogP contribution is -2.45. The van der Waals surface area contributed by atoms with Crippen LogP contribution in [0.3, 0.4) is 0 Å². The zero-order valence-electron chi connectivity index (χ0n) is 26.6. The van der Waals surface area contributed by atoms with E-state index in [-0.39, 0.29) is 24.8 Å². The van der Waals surface area contributed by atoms with Crippen molar-refractivity contribution < 1.29 is 43.2 Å². The second-order valence-corrected chi connectivity index (χ2v) is 10.2. The Bertz CT molecular complexity index is 1620. The third kappa shape index (κ3) is 9.23. The van der Waals surface area contributed by atoms with Crippen LogP contribution in [0, 0.1) is 0 Å². The van der Waals surface area contributed by atoms with E-state index in [1.54, 1.807) is 69.3 Å². The highest BCUT2D eigenvalue weighted by Crippen LogP contribution is 2.35. The normalized spacial score (nSPS) is 14.9. The first-order valence-corrected chi connectivity index (χ1v) is 14.9. The van der Waals surface area contributed by atoms with Gasteiger partial charge in [0.25, 0.3) is 0 Å². The van der Waals surface area contributed by atoms with E-state index in [4.69, 9.17) is 23.7 Å². The van der Waals surface area contributed by atoms with E-state index in [9.17, 15) is 19.5 Å². The van der Waals surface area contributed by atoms with Crippen LogP contribution >= 0.6 is 0 Å². The Hall–Kier alpha value is -5.56. The largest absolute Gasteiger partial charge is 0.490 e. The van der Waals surface area contributed by atoms with Crippen molar-refractivity contribution >= 4 is 24.2 Å². The fourth-order valence-corrected chi connectivity index (χ4v) is 4.65. The average Bonchev–Trinajstić information content (AvgIpc) is 3.07. The summed E-state index contributed by atoms with van der Waals surface area (Å²) in [6.07, 6.45) is 0.344. The molecule has 2 atom stereocenters. The molecule has 13 heteroatoms. The molecule has 13 nitrogen and oxygen atoms in total. The summed E-state index contributed by atoms with van der Waals surface area (Å²) in [6.45, 7) is 5.91. The van der Waals surface area contributed by atoms with Crippen LogP contribution < -0.4 is 30.3 Å². The van der Waals surface area contributed by atoms with E-state index in [0.29, 0.717) is 52.8 Å². The van der Waals surface area contributed by atoms with Gasteiger partial charge in [-0.2, -0.15) is 5.10 Å². The number of methoxy groups -OCH3 is 1. The minimum absolute atomic E-state index is 0.173. The Morgan fingerprint density at radius 2 is 1.72 bits per heavy atom. The van der Waals surface area contributed by atoms with Crippen LogP contribution in [-0.4, -0.2) is 62.4 Å². The highest BCUT2D eigenvalue weighted by atomic mass is 16.5. The molecule has 0 bridgehead atoms. The molecule has 248 valence electrons. The number of benzene rings is 3. The Kier molecular flexibility index (Phi) is 12.2. The van der Waals surface area contributed by atoms with Gasteiger partial charge in [-0.05, 0) is 68.3 Å². The zero-order valence-corrected chi connectivity index (χ0v) is 26.6. The average molecular weight is 647 g/mol. The summed E-state index contributed by atoms with van der Waals surface area (Å²) in [5.74, 6) is 0.322. The maximum Gasteiger partial charge on any atom is 0.338 e. The first-order valence-electron chi connectivity index (χ1n) is 14.9. The van der Waals surface area contributed by atoms with Gasteiger partial charge in [0.1, 0.15) is 19.0 Å². The number of ether oxygens (including phenoxy) is 5. The number of aliphatic hydroxyl groups excluding tert-OH is 1. The Balaban J connectivity index is 1.35. The number of hydrogen-bond acceptors (Lipinski definition) is 11. The van der Waals surface area contributed by atoms with Gasteiger partial charge in [0.2, 0.25) is 0 Å². The van der Waals surface area contributed by atoms with Gasteiger partial charge in [0.15, 0.2) is 17.7 Å². The first kappa shape index (κ1) is 34.3. The fraction of sp³-hybridized carbons (Fsp3) is 0.294. The number of amides is 2. The number of nitrogens with one attached hydrogen (secondary N) is 3. The van der Waals surface area contributed by atoms with Crippen LogP contribution in [0.1, 0.15) is 53.9 Å². The summed E-state index contributed by atoms with van der Waals surface area (Å²) in [6, 6.07) is 18.0. The molecule has 1 heterocycles. The quantitative estimate of drug-likeness (QED) is 0.0822. The topological polar surface area (TPSA) is 166 Å². The summed E-state index contributed by atoms with van der Waals surface area (Å²) in [5, 5.41) is 20.0. The van der Waals surface area contributed by atoms with Crippen molar-refractivity contribution in [3.8, 4) is 17.2 Å². The van der Waals surface area contributed by atoms with Crippen molar-refractivity contribution in [3.63, 3.8) is 0 Å². The third-order valence-electron chi connectivity index (χ3n) is 6.88. The molecule has 0 aliphatic carbocycles. The standard InChI is InChI=1S/C34H38N4O9/c1-5-44-28-17-24(31-30(33(41)43-4)21(3)36-34(42)37-31)15-16-27(28)47-20-29(39)38-35-18-25-9-7-8-10-26(25)46-19-22-11-13-23(14-12-22)32(40)45-6-2/h7-18,29,31,38-39H,5-6,19-20H2,1-4H3,(H2,36,37,42)/b35-18+/t29-,31-/m1/s1. The van der Waals surface area contributed by atoms with E-state index in [1.165, 1.54) is 13.3 Å². The molecule has 0 spiro atoms. The van der Waals surface area contributed by atoms with E-state index in [1.807, 2.05) is 18.2 Å². The molecule has 0 saturated heterocycles. The molecule has 3 aromatic rings. The number of carbonyl (C=O) groups is 3. The Morgan fingerprint density at radius 3 is 2.45 bits per heavy atom. The van der Waals surface area contributed by atoms with Gasteiger partial charge in [-0.25, -0.2) is 14.4 Å². The summed E-state index contributed by atoms with van der Waals surface area (Å²) in [7, 11) is 1.27. The van der Waals surface area contributed by atoms with Gasteiger partial charge in [-0.15, -0.1) is 0 Å². The Labute approximate surface area is 272 Å². The molecule has 1 aliphatic heterocycles. The molecule has 0 unspecified atom stereocenters. The van der Waals surface area contributed by atoms with Crippen LogP contribution in [0.25, 0.3) is 0 Å². The minimum Gasteiger partial charge on any atom is -0.490 e. The summed E-state index contributed by atoms with van der Waals surface area (Å²) in [5.41, 5.74) is 5.86. The molecule has 0 saturated carbocycles. The summed E-state index contributed by atoms with van der Waals surface area (Å²) in [4.78, 5) is 36.5. The second-order valence-electron chi connectivity index (χ2n) is 10.2. The van der Waals surface area contributed by atoms with Crippen LogP contribution in [0.5, 0.6) is 17.2 Å². The summed E-state index contributed by atoms with van der Waals surface area (Å²) < 4.78 is 27.5. The predicted molar refractivity (Wildman–Crippen MR) is 172 cm³/mol. The lowest BCUT2D eigenvalue weighted by molar-refractivity contribution is -0.136. The van der Waals surface area contributed by atoms with Crippen molar-refractivity contribution in [2.24, 2.45) is 5.10 Å². The lowest BCUT2D eigenvalue weighted by Gasteiger charge is -2.28. The van der Waals surface area contributed by atoms with Gasteiger partial charge in [0, 0.05) is 11.3 Å².